The van der Waals surface area contributed by atoms with E-state index in [1.54, 1.807) is 31.2 Å². The Morgan fingerprint density at radius 1 is 1.17 bits per heavy atom. The van der Waals surface area contributed by atoms with Gasteiger partial charge in [0.1, 0.15) is 5.52 Å². The zero-order chi connectivity index (χ0) is 20.4. The van der Waals surface area contributed by atoms with Crippen LogP contribution in [0, 0.1) is 5.92 Å². The first kappa shape index (κ1) is 19.0. The van der Waals surface area contributed by atoms with Crippen molar-refractivity contribution in [1.29, 1.82) is 0 Å². The van der Waals surface area contributed by atoms with Crippen LogP contribution in [0.2, 0.25) is 0 Å². The fourth-order valence-electron chi connectivity index (χ4n) is 3.60. The summed E-state index contributed by atoms with van der Waals surface area (Å²) in [6.45, 7) is 3.02. The second kappa shape index (κ2) is 7.95. The number of fused-ring (bicyclic) bond motifs is 1. The van der Waals surface area contributed by atoms with Crippen molar-refractivity contribution in [2.75, 3.05) is 23.3 Å². The van der Waals surface area contributed by atoms with Crippen molar-refractivity contribution in [3.8, 4) is 0 Å². The van der Waals surface area contributed by atoms with Gasteiger partial charge in [-0.05, 0) is 49.6 Å². The Morgan fingerprint density at radius 2 is 1.93 bits per heavy atom. The molecule has 2 heterocycles. The molecule has 2 N–H and O–H groups in total. The highest BCUT2D eigenvalue weighted by Crippen LogP contribution is 2.27. The number of carboxylic acid groups (broad SMARTS) is 1. The maximum atomic E-state index is 12.7. The third kappa shape index (κ3) is 4.08. The third-order valence-electron chi connectivity index (χ3n) is 5.44. The van der Waals surface area contributed by atoms with Crippen molar-refractivity contribution < 1.29 is 19.1 Å². The average Bonchev–Trinajstić information content (AvgIpc) is 3.17. The summed E-state index contributed by atoms with van der Waals surface area (Å²) in [5, 5.41) is 12.1. The van der Waals surface area contributed by atoms with Crippen LogP contribution in [0.3, 0.4) is 0 Å². The second-order valence-corrected chi connectivity index (χ2v) is 7.40. The predicted molar refractivity (Wildman–Crippen MR) is 110 cm³/mol. The molecule has 1 atom stereocenters. The fraction of sp³-hybridized carbons (Fsp3) is 0.318. The van der Waals surface area contributed by atoms with Crippen LogP contribution in [0.25, 0.3) is 11.1 Å². The Morgan fingerprint density at radius 3 is 2.66 bits per heavy atom. The number of hydrogen-bond acceptors (Lipinski definition) is 5. The minimum atomic E-state index is -0.889. The normalized spacial score (nSPS) is 16.0. The van der Waals surface area contributed by atoms with Gasteiger partial charge in [0, 0.05) is 24.7 Å². The Kier molecular flexibility index (Phi) is 5.20. The van der Waals surface area contributed by atoms with Crippen LogP contribution in [-0.2, 0) is 9.59 Å². The third-order valence-corrected chi connectivity index (χ3v) is 5.44. The number of hydrogen-bond donors (Lipinski definition) is 2. The van der Waals surface area contributed by atoms with E-state index in [1.807, 2.05) is 24.3 Å². The summed E-state index contributed by atoms with van der Waals surface area (Å²) >= 11 is 0. The van der Waals surface area contributed by atoms with Crippen LogP contribution in [0.5, 0.6) is 0 Å². The van der Waals surface area contributed by atoms with Crippen LogP contribution in [-0.4, -0.2) is 35.1 Å². The van der Waals surface area contributed by atoms with Crippen molar-refractivity contribution in [2.24, 2.45) is 5.92 Å². The Bertz CT molecular complexity index is 1000. The Balaban J connectivity index is 1.37. The molecule has 0 radical (unpaired) electrons. The molecule has 1 aliphatic rings. The zero-order valence-electron chi connectivity index (χ0n) is 16.2. The zero-order valence-corrected chi connectivity index (χ0v) is 16.2. The van der Waals surface area contributed by atoms with E-state index in [9.17, 15) is 14.7 Å². The van der Waals surface area contributed by atoms with Gasteiger partial charge in [0.15, 0.2) is 5.58 Å². The molecule has 1 saturated heterocycles. The lowest BCUT2D eigenvalue weighted by atomic mass is 9.95. The summed E-state index contributed by atoms with van der Waals surface area (Å²) in [5.41, 5.74) is 2.89. The minimum absolute atomic E-state index is 0.0395. The summed E-state index contributed by atoms with van der Waals surface area (Å²) in [7, 11) is 0. The van der Waals surface area contributed by atoms with E-state index in [-0.39, 0.29) is 11.8 Å². The smallest absolute Gasteiger partial charge is 0.310 e. The molecule has 1 aromatic heterocycles. The largest absolute Gasteiger partial charge is 0.481 e. The van der Waals surface area contributed by atoms with Crippen LogP contribution in [0.4, 0.5) is 11.7 Å². The summed E-state index contributed by atoms with van der Waals surface area (Å²) < 4.78 is 5.82. The molecule has 2 aromatic carbocycles. The molecule has 7 heteroatoms. The average molecular weight is 393 g/mol. The molecule has 1 aliphatic heterocycles. The number of aliphatic carboxylic acids is 1. The molecule has 7 nitrogen and oxygen atoms in total. The highest BCUT2D eigenvalue weighted by molar-refractivity contribution is 5.93. The lowest BCUT2D eigenvalue weighted by molar-refractivity contribution is -0.138. The van der Waals surface area contributed by atoms with Crippen LogP contribution in [0.1, 0.15) is 31.2 Å². The van der Waals surface area contributed by atoms with Crippen molar-refractivity contribution in [1.82, 2.24) is 4.98 Å². The number of carboxylic acids is 1. The molecule has 1 unspecified atom stereocenters. The number of rotatable bonds is 5. The molecular weight excluding hydrogens is 370 g/mol. The lowest BCUT2D eigenvalue weighted by Crippen LogP contribution is -2.38. The number of piperidine rings is 1. The van der Waals surface area contributed by atoms with Gasteiger partial charge in [-0.3, -0.25) is 9.59 Å². The maximum Gasteiger partial charge on any atom is 0.310 e. The van der Waals surface area contributed by atoms with E-state index in [1.165, 1.54) is 0 Å². The lowest BCUT2D eigenvalue weighted by Gasteiger charge is -2.30. The predicted octanol–water partition coefficient (Wildman–Crippen LogP) is 3.87. The van der Waals surface area contributed by atoms with E-state index in [0.29, 0.717) is 43.2 Å². The van der Waals surface area contributed by atoms with Gasteiger partial charge in [-0.15, -0.1) is 0 Å². The number of aromatic nitrogens is 1. The first-order valence-corrected chi connectivity index (χ1v) is 9.75. The second-order valence-electron chi connectivity index (χ2n) is 7.40. The monoisotopic (exact) mass is 393 g/mol. The number of nitrogens with zero attached hydrogens (tertiary/aromatic N) is 2. The highest BCUT2D eigenvalue weighted by atomic mass is 16.4. The van der Waals surface area contributed by atoms with E-state index in [4.69, 9.17) is 4.42 Å². The Labute approximate surface area is 168 Å². The van der Waals surface area contributed by atoms with Gasteiger partial charge in [-0.25, -0.2) is 0 Å². The van der Waals surface area contributed by atoms with Crippen molar-refractivity contribution in [3.05, 3.63) is 54.1 Å². The summed E-state index contributed by atoms with van der Waals surface area (Å²) in [5.74, 6) is -1.65. The van der Waals surface area contributed by atoms with Crippen LogP contribution < -0.4 is 10.2 Å². The summed E-state index contributed by atoms with van der Waals surface area (Å²) in [6, 6.07) is 15.3. The number of carbonyl (C=O) groups excluding carboxylic acids is 1. The van der Waals surface area contributed by atoms with Gasteiger partial charge >= 0.3 is 5.97 Å². The van der Waals surface area contributed by atoms with Gasteiger partial charge in [0.2, 0.25) is 5.91 Å². The quantitative estimate of drug-likeness (QED) is 0.683. The molecule has 1 amide bonds. The standard InChI is InChI=1S/C22H23N3O4/c1-14(21(27)28)16-5-4-6-17(13-16)23-20(26)15-9-11-25(12-10-15)22-24-18-7-2-3-8-19(18)29-22/h2-8,13-15H,9-12H2,1H3,(H,23,26)(H,27,28). The van der Waals surface area contributed by atoms with E-state index >= 15 is 0 Å². The maximum absolute atomic E-state index is 12.7. The topological polar surface area (TPSA) is 95.7 Å². The molecule has 0 spiro atoms. The van der Waals surface area contributed by atoms with Gasteiger partial charge in [-0.1, -0.05) is 24.3 Å². The van der Waals surface area contributed by atoms with Gasteiger partial charge in [-0.2, -0.15) is 4.98 Å². The van der Waals surface area contributed by atoms with Crippen molar-refractivity contribution in [2.45, 2.75) is 25.7 Å². The molecule has 0 bridgehead atoms. The van der Waals surface area contributed by atoms with Gasteiger partial charge in [0.25, 0.3) is 6.01 Å². The molecule has 3 aromatic rings. The number of carbonyl (C=O) groups is 2. The number of para-hydroxylation sites is 2. The van der Waals surface area contributed by atoms with Crippen LogP contribution in [0.15, 0.2) is 52.9 Å². The minimum Gasteiger partial charge on any atom is -0.481 e. The summed E-state index contributed by atoms with van der Waals surface area (Å²) in [6.07, 6.45) is 1.41. The molecular formula is C22H23N3O4. The highest BCUT2D eigenvalue weighted by Gasteiger charge is 2.27. The van der Waals surface area contributed by atoms with E-state index in [0.717, 1.165) is 11.1 Å². The number of oxazole rings is 1. The first-order valence-electron chi connectivity index (χ1n) is 9.75. The number of benzene rings is 2. The number of nitrogens with one attached hydrogen (secondary N) is 1. The number of anilines is 2. The number of amides is 1. The molecule has 150 valence electrons. The molecule has 4 rings (SSSR count). The fourth-order valence-corrected chi connectivity index (χ4v) is 3.60. The van der Waals surface area contributed by atoms with E-state index in [2.05, 4.69) is 15.2 Å². The van der Waals surface area contributed by atoms with Gasteiger partial charge in [0.05, 0.1) is 5.92 Å². The van der Waals surface area contributed by atoms with Crippen LogP contribution >= 0.6 is 0 Å². The molecule has 0 aliphatic carbocycles. The van der Waals surface area contributed by atoms with Crippen molar-refractivity contribution in [3.63, 3.8) is 0 Å². The summed E-state index contributed by atoms with van der Waals surface area (Å²) in [4.78, 5) is 30.5. The first-order chi connectivity index (χ1) is 14.0. The molecule has 0 saturated carbocycles. The van der Waals surface area contributed by atoms with Gasteiger partial charge < -0.3 is 19.7 Å². The van der Waals surface area contributed by atoms with E-state index < -0.39 is 11.9 Å². The Hall–Kier alpha value is -3.35. The molecule has 29 heavy (non-hydrogen) atoms. The molecule has 1 fully saturated rings. The SMILES string of the molecule is CC(C(=O)O)c1cccc(NC(=O)C2CCN(c3nc4ccccc4o3)CC2)c1. The van der Waals surface area contributed by atoms with Crippen molar-refractivity contribution >= 4 is 34.7 Å².